The van der Waals surface area contributed by atoms with Crippen molar-refractivity contribution in [1.29, 1.82) is 0 Å². The van der Waals surface area contributed by atoms with Crippen molar-refractivity contribution in [3.8, 4) is 5.75 Å². The predicted molar refractivity (Wildman–Crippen MR) is 66.1 cm³/mol. The van der Waals surface area contributed by atoms with Crippen LogP contribution in [0.4, 0.5) is 0 Å². The summed E-state index contributed by atoms with van der Waals surface area (Å²) in [5.41, 5.74) is 0.468. The molecule has 0 aliphatic heterocycles. The Labute approximate surface area is 102 Å². The zero-order valence-corrected chi connectivity index (χ0v) is 9.75. The van der Waals surface area contributed by atoms with Crippen LogP contribution in [-0.4, -0.2) is 23.3 Å². The van der Waals surface area contributed by atoms with Crippen molar-refractivity contribution in [2.45, 2.75) is 31.8 Å². The molecule has 0 amide bonds. The van der Waals surface area contributed by atoms with Gasteiger partial charge in [0.15, 0.2) is 0 Å². The molecule has 0 saturated heterocycles. The highest BCUT2D eigenvalue weighted by Gasteiger charge is 2.41. The highest BCUT2D eigenvalue weighted by molar-refractivity contribution is 6.59. The molecule has 3 atom stereocenters. The van der Waals surface area contributed by atoms with Gasteiger partial charge in [-0.1, -0.05) is 18.2 Å². The summed E-state index contributed by atoms with van der Waals surface area (Å²) in [7, 11) is -1.45. The van der Waals surface area contributed by atoms with Crippen LogP contribution in [0.3, 0.4) is 0 Å². The van der Waals surface area contributed by atoms with Gasteiger partial charge in [0.05, 0.1) is 0 Å². The first-order valence-electron chi connectivity index (χ1n) is 6.36. The molecular weight excluding hydrogens is 215 g/mol. The first kappa shape index (κ1) is 11.1. The molecule has 2 aliphatic carbocycles. The van der Waals surface area contributed by atoms with Crippen LogP contribution in [0.15, 0.2) is 24.3 Å². The molecule has 3 unspecified atom stereocenters. The van der Waals surface area contributed by atoms with Gasteiger partial charge >= 0.3 is 7.12 Å². The average Bonchev–Trinajstić information content (AvgIpc) is 2.91. The molecule has 2 saturated carbocycles. The van der Waals surface area contributed by atoms with E-state index in [0.29, 0.717) is 17.1 Å². The molecule has 3 rings (SSSR count). The average molecular weight is 232 g/mol. The highest BCUT2D eigenvalue weighted by Crippen LogP contribution is 2.45. The third-order valence-electron chi connectivity index (χ3n) is 4.15. The first-order chi connectivity index (χ1) is 8.24. The molecule has 0 radical (unpaired) electrons. The van der Waals surface area contributed by atoms with E-state index in [1.807, 2.05) is 12.1 Å². The maximum Gasteiger partial charge on any atom is 0.492 e. The summed E-state index contributed by atoms with van der Waals surface area (Å²) < 4.78 is 5.98. The van der Waals surface area contributed by atoms with Crippen LogP contribution in [0.1, 0.15) is 25.7 Å². The number of benzene rings is 1. The van der Waals surface area contributed by atoms with Crippen molar-refractivity contribution in [2.24, 2.45) is 11.8 Å². The molecule has 4 heteroatoms. The summed E-state index contributed by atoms with van der Waals surface area (Å²) in [6, 6.07) is 7.19. The Morgan fingerprint density at radius 3 is 2.59 bits per heavy atom. The Morgan fingerprint density at radius 1 is 1.12 bits per heavy atom. The Hall–Kier alpha value is -0.995. The number of fused-ring (bicyclic) bond motifs is 2. The van der Waals surface area contributed by atoms with E-state index < -0.39 is 7.12 Å². The maximum absolute atomic E-state index is 9.29. The van der Waals surface area contributed by atoms with Gasteiger partial charge in [-0.3, -0.25) is 0 Å². The molecule has 2 fully saturated rings. The van der Waals surface area contributed by atoms with Gasteiger partial charge in [0, 0.05) is 5.46 Å². The molecule has 0 heterocycles. The molecule has 0 aromatic heterocycles. The number of hydrogen-bond donors (Lipinski definition) is 2. The summed E-state index contributed by atoms with van der Waals surface area (Å²) in [5.74, 6) is 2.13. The SMILES string of the molecule is OB(O)c1ccccc1OC1CC2CCC1C2. The van der Waals surface area contributed by atoms with Crippen molar-refractivity contribution < 1.29 is 14.8 Å². The monoisotopic (exact) mass is 232 g/mol. The second-order valence-corrected chi connectivity index (χ2v) is 5.24. The van der Waals surface area contributed by atoms with Crippen molar-refractivity contribution in [3.63, 3.8) is 0 Å². The summed E-state index contributed by atoms with van der Waals surface area (Å²) in [6.07, 6.45) is 5.29. The minimum absolute atomic E-state index is 0.272. The van der Waals surface area contributed by atoms with Crippen LogP contribution in [0.25, 0.3) is 0 Å². The molecule has 90 valence electrons. The Morgan fingerprint density at radius 2 is 1.94 bits per heavy atom. The van der Waals surface area contributed by atoms with Gasteiger partial charge in [-0.05, 0) is 43.6 Å². The van der Waals surface area contributed by atoms with E-state index in [1.165, 1.54) is 19.3 Å². The van der Waals surface area contributed by atoms with Gasteiger partial charge in [0.25, 0.3) is 0 Å². The summed E-state index contributed by atoms with van der Waals surface area (Å²) in [5, 5.41) is 18.6. The molecule has 0 spiro atoms. The minimum atomic E-state index is -1.45. The number of rotatable bonds is 3. The second kappa shape index (κ2) is 4.35. The molecule has 2 N–H and O–H groups in total. The fraction of sp³-hybridized carbons (Fsp3) is 0.538. The van der Waals surface area contributed by atoms with E-state index in [0.717, 1.165) is 12.3 Å². The Balaban J connectivity index is 1.77. The lowest BCUT2D eigenvalue weighted by molar-refractivity contribution is 0.139. The van der Waals surface area contributed by atoms with E-state index in [2.05, 4.69) is 0 Å². The molecule has 2 aliphatic rings. The lowest BCUT2D eigenvalue weighted by Crippen LogP contribution is -2.34. The quantitative estimate of drug-likeness (QED) is 0.762. The summed E-state index contributed by atoms with van der Waals surface area (Å²) in [4.78, 5) is 0. The van der Waals surface area contributed by atoms with Gasteiger partial charge in [0.1, 0.15) is 11.9 Å². The van der Waals surface area contributed by atoms with Crippen LogP contribution < -0.4 is 10.2 Å². The Kier molecular flexibility index (Phi) is 2.85. The van der Waals surface area contributed by atoms with Crippen LogP contribution >= 0.6 is 0 Å². The van der Waals surface area contributed by atoms with Crippen molar-refractivity contribution in [1.82, 2.24) is 0 Å². The lowest BCUT2D eigenvalue weighted by Gasteiger charge is -2.24. The third kappa shape index (κ3) is 2.07. The van der Waals surface area contributed by atoms with Crippen LogP contribution in [0.2, 0.25) is 0 Å². The van der Waals surface area contributed by atoms with E-state index in [9.17, 15) is 10.0 Å². The van der Waals surface area contributed by atoms with E-state index in [-0.39, 0.29) is 6.10 Å². The van der Waals surface area contributed by atoms with E-state index >= 15 is 0 Å². The highest BCUT2D eigenvalue weighted by atomic mass is 16.5. The zero-order chi connectivity index (χ0) is 11.8. The predicted octanol–water partition coefficient (Wildman–Crippen LogP) is 0.934. The lowest BCUT2D eigenvalue weighted by atomic mass is 9.79. The minimum Gasteiger partial charge on any atom is -0.490 e. The fourth-order valence-corrected chi connectivity index (χ4v) is 3.29. The molecule has 17 heavy (non-hydrogen) atoms. The summed E-state index contributed by atoms with van der Waals surface area (Å²) in [6.45, 7) is 0. The number of hydrogen-bond acceptors (Lipinski definition) is 3. The second-order valence-electron chi connectivity index (χ2n) is 5.24. The normalized spacial score (nSPS) is 30.6. The topological polar surface area (TPSA) is 49.7 Å². The smallest absolute Gasteiger partial charge is 0.490 e. The van der Waals surface area contributed by atoms with Gasteiger partial charge < -0.3 is 14.8 Å². The van der Waals surface area contributed by atoms with Crippen LogP contribution in [-0.2, 0) is 0 Å². The van der Waals surface area contributed by atoms with Crippen LogP contribution in [0.5, 0.6) is 5.75 Å². The number of ether oxygens (including phenoxy) is 1. The number of para-hydroxylation sites is 1. The maximum atomic E-state index is 9.29. The zero-order valence-electron chi connectivity index (χ0n) is 9.75. The largest absolute Gasteiger partial charge is 0.492 e. The van der Waals surface area contributed by atoms with Crippen molar-refractivity contribution >= 4 is 12.6 Å². The van der Waals surface area contributed by atoms with Crippen LogP contribution in [0, 0.1) is 11.8 Å². The molecule has 2 bridgehead atoms. The molecule has 1 aromatic carbocycles. The van der Waals surface area contributed by atoms with E-state index in [4.69, 9.17) is 4.74 Å². The van der Waals surface area contributed by atoms with E-state index in [1.54, 1.807) is 12.1 Å². The molecular formula is C13H17BO3. The van der Waals surface area contributed by atoms with Gasteiger partial charge in [-0.15, -0.1) is 0 Å². The van der Waals surface area contributed by atoms with Gasteiger partial charge in [-0.2, -0.15) is 0 Å². The molecule has 1 aromatic rings. The van der Waals surface area contributed by atoms with Crippen molar-refractivity contribution in [3.05, 3.63) is 24.3 Å². The first-order valence-corrected chi connectivity index (χ1v) is 6.36. The molecule has 3 nitrogen and oxygen atoms in total. The third-order valence-corrected chi connectivity index (χ3v) is 4.15. The fourth-order valence-electron chi connectivity index (χ4n) is 3.29. The summed E-state index contributed by atoms with van der Waals surface area (Å²) >= 11 is 0. The Bertz CT molecular complexity index is 407. The van der Waals surface area contributed by atoms with Crippen molar-refractivity contribution in [2.75, 3.05) is 0 Å². The van der Waals surface area contributed by atoms with Gasteiger partial charge in [0.2, 0.25) is 0 Å². The van der Waals surface area contributed by atoms with Gasteiger partial charge in [-0.25, -0.2) is 0 Å². The standard InChI is InChI=1S/C13H17BO3/c15-14(16)11-3-1-2-4-12(11)17-13-8-9-5-6-10(13)7-9/h1-4,9-10,13,15-16H,5-8H2.